The van der Waals surface area contributed by atoms with Crippen LogP contribution in [0.1, 0.15) is 50.7 Å². The van der Waals surface area contributed by atoms with Crippen molar-refractivity contribution in [2.75, 3.05) is 0 Å². The molecular formula is C19H13Cl2FN4O3. The van der Waals surface area contributed by atoms with Gasteiger partial charge in [-0.3, -0.25) is 9.89 Å². The van der Waals surface area contributed by atoms with Crippen molar-refractivity contribution >= 4 is 35.0 Å². The van der Waals surface area contributed by atoms with E-state index < -0.39 is 17.7 Å². The molecule has 0 bridgehead atoms. The van der Waals surface area contributed by atoms with Gasteiger partial charge in [0.15, 0.2) is 5.78 Å². The van der Waals surface area contributed by atoms with Gasteiger partial charge in [0.2, 0.25) is 0 Å². The summed E-state index contributed by atoms with van der Waals surface area (Å²) in [7, 11) is 0. The van der Waals surface area contributed by atoms with E-state index in [9.17, 15) is 14.0 Å². The number of halogens is 3. The van der Waals surface area contributed by atoms with E-state index >= 15 is 0 Å². The topological polar surface area (TPSA) is 109 Å². The largest absolute Gasteiger partial charge is 0.478 e. The van der Waals surface area contributed by atoms with Crippen molar-refractivity contribution in [1.29, 1.82) is 0 Å². The van der Waals surface area contributed by atoms with E-state index in [2.05, 4.69) is 20.2 Å². The van der Waals surface area contributed by atoms with Crippen molar-refractivity contribution in [1.82, 2.24) is 20.2 Å². The number of aromatic carboxylic acids is 1. The molecule has 29 heavy (non-hydrogen) atoms. The SMILES string of the molecule is O=C(O)c1ccc(-c2n[nH]c3c2C(C(=O)c2c(Cl)ncnc2Cl)CCC3)c(F)c1. The summed E-state index contributed by atoms with van der Waals surface area (Å²) in [6.45, 7) is 0. The molecule has 2 aromatic heterocycles. The molecule has 10 heteroatoms. The zero-order valence-electron chi connectivity index (χ0n) is 14.7. The molecule has 1 aliphatic rings. The number of nitrogens with zero attached hydrogens (tertiary/aromatic N) is 3. The second-order valence-corrected chi connectivity index (χ2v) is 7.32. The van der Waals surface area contributed by atoms with E-state index in [1.165, 1.54) is 12.1 Å². The molecule has 1 aromatic carbocycles. The number of benzene rings is 1. The molecule has 0 fully saturated rings. The molecule has 2 N–H and O–H groups in total. The number of rotatable bonds is 4. The van der Waals surface area contributed by atoms with Gasteiger partial charge in [-0.05, 0) is 37.5 Å². The fraction of sp³-hybridized carbons (Fsp3) is 0.211. The minimum Gasteiger partial charge on any atom is -0.478 e. The first-order valence-corrected chi connectivity index (χ1v) is 9.44. The Balaban J connectivity index is 1.82. The Hall–Kier alpha value is -2.84. The first kappa shape index (κ1) is 19.5. The minimum absolute atomic E-state index is 0.0162. The lowest BCUT2D eigenvalue weighted by molar-refractivity contribution is 0.0696. The molecule has 0 radical (unpaired) electrons. The van der Waals surface area contributed by atoms with Crippen LogP contribution in [0.5, 0.6) is 0 Å². The van der Waals surface area contributed by atoms with Gasteiger partial charge in [0.05, 0.1) is 22.7 Å². The van der Waals surface area contributed by atoms with E-state index in [1.807, 2.05) is 0 Å². The van der Waals surface area contributed by atoms with E-state index in [0.29, 0.717) is 24.8 Å². The molecule has 4 rings (SSSR count). The zero-order valence-corrected chi connectivity index (χ0v) is 16.3. The molecule has 1 unspecified atom stereocenters. The number of aryl methyl sites for hydroxylation is 1. The Bertz CT molecular complexity index is 1130. The summed E-state index contributed by atoms with van der Waals surface area (Å²) >= 11 is 12.2. The molecule has 0 saturated carbocycles. The standard InChI is InChI=1S/C19H13Cl2FN4O3/c20-17-14(18(21)24-7-23-17)16(27)10-2-1-3-12-13(10)15(26-25-12)9-5-4-8(19(28)29)6-11(9)22/h4-7,10H,1-3H2,(H,25,26)(H,28,29). The van der Waals surface area contributed by atoms with Gasteiger partial charge in [-0.2, -0.15) is 5.10 Å². The van der Waals surface area contributed by atoms with Crippen LogP contribution in [0.2, 0.25) is 10.3 Å². The normalized spacial score (nSPS) is 15.8. The third-order valence-corrected chi connectivity index (χ3v) is 5.51. The Morgan fingerprint density at radius 3 is 2.59 bits per heavy atom. The lowest BCUT2D eigenvalue weighted by Gasteiger charge is -2.22. The minimum atomic E-state index is -1.24. The number of fused-ring (bicyclic) bond motifs is 1. The van der Waals surface area contributed by atoms with E-state index in [1.54, 1.807) is 0 Å². The lowest BCUT2D eigenvalue weighted by Crippen LogP contribution is -2.20. The van der Waals surface area contributed by atoms with Gasteiger partial charge in [-0.25, -0.2) is 19.2 Å². The van der Waals surface area contributed by atoms with E-state index in [4.69, 9.17) is 28.3 Å². The Morgan fingerprint density at radius 2 is 1.93 bits per heavy atom. The summed E-state index contributed by atoms with van der Waals surface area (Å²) in [5.74, 6) is -3.00. The maximum absolute atomic E-state index is 14.7. The Labute approximate surface area is 173 Å². The summed E-state index contributed by atoms with van der Waals surface area (Å²) < 4.78 is 14.7. The molecule has 0 amide bonds. The molecule has 0 aliphatic heterocycles. The van der Waals surface area contributed by atoms with Crippen molar-refractivity contribution < 1.29 is 19.1 Å². The number of carboxylic acids is 1. The quantitative estimate of drug-likeness (QED) is 0.467. The van der Waals surface area contributed by atoms with Gasteiger partial charge in [-0.1, -0.05) is 23.2 Å². The highest BCUT2D eigenvalue weighted by Crippen LogP contribution is 2.41. The van der Waals surface area contributed by atoms with E-state index in [0.717, 1.165) is 18.1 Å². The number of carbonyl (C=O) groups excluding carboxylic acids is 1. The number of Topliss-reactive ketones (excluding diaryl/α,β-unsaturated/α-hetero) is 1. The van der Waals surface area contributed by atoms with Gasteiger partial charge in [0.1, 0.15) is 22.5 Å². The van der Waals surface area contributed by atoms with Crippen LogP contribution in [-0.2, 0) is 6.42 Å². The highest BCUT2D eigenvalue weighted by Gasteiger charge is 2.35. The van der Waals surface area contributed by atoms with Crippen molar-refractivity contribution in [3.8, 4) is 11.3 Å². The summed E-state index contributed by atoms with van der Waals surface area (Å²) in [6, 6.07) is 3.56. The van der Waals surface area contributed by atoms with Crippen molar-refractivity contribution in [2.24, 2.45) is 0 Å². The first-order chi connectivity index (χ1) is 13.9. The van der Waals surface area contributed by atoms with Crippen LogP contribution in [0.4, 0.5) is 4.39 Å². The van der Waals surface area contributed by atoms with Gasteiger partial charge in [0.25, 0.3) is 0 Å². The number of aromatic amines is 1. The molecule has 1 atom stereocenters. The molecular weight excluding hydrogens is 422 g/mol. The second-order valence-electron chi connectivity index (χ2n) is 6.60. The zero-order chi connectivity index (χ0) is 20.7. The molecule has 0 saturated heterocycles. The fourth-order valence-electron chi connectivity index (χ4n) is 3.61. The molecule has 1 aliphatic carbocycles. The van der Waals surface area contributed by atoms with Crippen LogP contribution in [0.15, 0.2) is 24.5 Å². The number of H-pyrrole nitrogens is 1. The number of hydrogen-bond acceptors (Lipinski definition) is 5. The number of ketones is 1. The summed E-state index contributed by atoms with van der Waals surface area (Å²) in [6.07, 6.45) is 3.02. The van der Waals surface area contributed by atoms with E-state index in [-0.39, 0.29) is 38.5 Å². The predicted octanol–water partition coefficient (Wildman–Crippen LogP) is 4.31. The average molecular weight is 435 g/mol. The maximum Gasteiger partial charge on any atom is 0.335 e. The molecule has 148 valence electrons. The molecule has 2 heterocycles. The number of hydrogen-bond donors (Lipinski definition) is 2. The van der Waals surface area contributed by atoms with Crippen LogP contribution in [0, 0.1) is 5.82 Å². The average Bonchev–Trinajstić information content (AvgIpc) is 3.11. The molecule has 7 nitrogen and oxygen atoms in total. The Morgan fingerprint density at radius 1 is 1.21 bits per heavy atom. The van der Waals surface area contributed by atoms with Crippen LogP contribution >= 0.6 is 23.2 Å². The number of nitrogens with one attached hydrogen (secondary N) is 1. The number of carbonyl (C=O) groups is 2. The summed E-state index contributed by atoms with van der Waals surface area (Å²) in [5, 5.41) is 16.0. The highest BCUT2D eigenvalue weighted by molar-refractivity contribution is 6.38. The fourth-order valence-corrected chi connectivity index (χ4v) is 4.11. The summed E-state index contributed by atoms with van der Waals surface area (Å²) in [5.41, 5.74) is 1.48. The van der Waals surface area contributed by atoms with Crippen LogP contribution < -0.4 is 0 Å². The third-order valence-electron chi connectivity index (χ3n) is 4.94. The number of carboxylic acid groups (broad SMARTS) is 1. The van der Waals surface area contributed by atoms with Crippen molar-refractivity contribution in [3.63, 3.8) is 0 Å². The Kier molecular flexibility index (Phi) is 5.06. The van der Waals surface area contributed by atoms with Gasteiger partial charge < -0.3 is 5.11 Å². The second kappa shape index (κ2) is 7.53. The van der Waals surface area contributed by atoms with Crippen LogP contribution in [0.3, 0.4) is 0 Å². The first-order valence-electron chi connectivity index (χ1n) is 8.69. The lowest BCUT2D eigenvalue weighted by atomic mass is 9.80. The smallest absolute Gasteiger partial charge is 0.335 e. The monoisotopic (exact) mass is 434 g/mol. The molecule has 0 spiro atoms. The predicted molar refractivity (Wildman–Crippen MR) is 103 cm³/mol. The van der Waals surface area contributed by atoms with Crippen LogP contribution in [-0.4, -0.2) is 37.0 Å². The highest BCUT2D eigenvalue weighted by atomic mass is 35.5. The maximum atomic E-state index is 14.7. The molecule has 3 aromatic rings. The van der Waals surface area contributed by atoms with Crippen LogP contribution in [0.25, 0.3) is 11.3 Å². The summed E-state index contributed by atoms with van der Waals surface area (Å²) in [4.78, 5) is 32.0. The van der Waals surface area contributed by atoms with Crippen molar-refractivity contribution in [3.05, 3.63) is 63.0 Å². The number of aromatic nitrogens is 4. The van der Waals surface area contributed by atoms with Crippen molar-refractivity contribution in [2.45, 2.75) is 25.2 Å². The third kappa shape index (κ3) is 3.38. The van der Waals surface area contributed by atoms with Gasteiger partial charge >= 0.3 is 5.97 Å². The van der Waals surface area contributed by atoms with Gasteiger partial charge in [0, 0.05) is 16.8 Å². The van der Waals surface area contributed by atoms with Gasteiger partial charge in [-0.15, -0.1) is 0 Å².